The van der Waals surface area contributed by atoms with Crippen LogP contribution in [-0.4, -0.2) is 9.78 Å². The first kappa shape index (κ1) is 16.0. The molecule has 0 fully saturated rings. The number of aromatic nitrogens is 2. The number of nitrogens with one attached hydrogen (secondary N) is 1. The quantitative estimate of drug-likeness (QED) is 0.598. The number of thiophene rings is 1. The summed E-state index contributed by atoms with van der Waals surface area (Å²) < 4.78 is 7.21. The van der Waals surface area contributed by atoms with Crippen LogP contribution in [-0.2, 0) is 6.67 Å². The van der Waals surface area contributed by atoms with Crippen molar-refractivity contribution < 1.29 is 4.42 Å². The number of hydrogen-bond acceptors (Lipinski definition) is 5. The average Bonchev–Trinajstić information content (AvgIpc) is 3.22. The third-order valence-corrected chi connectivity index (χ3v) is 5.02. The van der Waals surface area contributed by atoms with Crippen LogP contribution in [0.1, 0.15) is 31.7 Å². The van der Waals surface area contributed by atoms with Crippen LogP contribution in [0.2, 0.25) is 0 Å². The Morgan fingerprint density at radius 1 is 1.30 bits per heavy atom. The Bertz CT molecular complexity index is 803. The minimum atomic E-state index is 0.372. The molecule has 0 aliphatic heterocycles. The second-order valence-electron chi connectivity index (χ2n) is 5.42. The lowest BCUT2D eigenvalue weighted by molar-refractivity contribution is 0.523. The monoisotopic (exact) mass is 345 g/mol. The maximum Gasteiger partial charge on any atom is 0.289 e. The maximum absolute atomic E-state index is 5.55. The van der Waals surface area contributed by atoms with Crippen molar-refractivity contribution >= 4 is 29.2 Å². The first-order valence-corrected chi connectivity index (χ1v) is 8.92. The molecule has 1 N–H and O–H groups in total. The predicted molar refractivity (Wildman–Crippen MR) is 97.4 cm³/mol. The Kier molecular flexibility index (Phi) is 4.93. The van der Waals surface area contributed by atoms with Gasteiger partial charge in [-0.15, -0.1) is 16.4 Å². The minimum Gasteiger partial charge on any atom is -0.408 e. The minimum absolute atomic E-state index is 0.372. The van der Waals surface area contributed by atoms with E-state index in [9.17, 15) is 0 Å². The average molecular weight is 345 g/mol. The molecule has 0 aliphatic rings. The van der Waals surface area contributed by atoms with E-state index in [2.05, 4.69) is 48.5 Å². The van der Waals surface area contributed by atoms with Gasteiger partial charge >= 0.3 is 0 Å². The van der Waals surface area contributed by atoms with E-state index in [1.165, 1.54) is 5.56 Å². The second-order valence-corrected chi connectivity index (χ2v) is 6.71. The molecule has 0 amide bonds. The summed E-state index contributed by atoms with van der Waals surface area (Å²) in [6.07, 6.45) is 1.15. The second kappa shape index (κ2) is 7.10. The maximum atomic E-state index is 5.55. The molecule has 6 heteroatoms. The summed E-state index contributed by atoms with van der Waals surface area (Å²) >= 11 is 6.81. The largest absolute Gasteiger partial charge is 0.408 e. The number of nitrogens with zero attached hydrogens (tertiary/aromatic N) is 2. The van der Waals surface area contributed by atoms with Crippen molar-refractivity contribution in [3.8, 4) is 10.8 Å². The van der Waals surface area contributed by atoms with Gasteiger partial charge in [0.15, 0.2) is 0 Å². The molecule has 0 bridgehead atoms. The third kappa shape index (κ3) is 3.71. The first-order chi connectivity index (χ1) is 11.2. The summed E-state index contributed by atoms with van der Waals surface area (Å²) in [6, 6.07) is 12.4. The standard InChI is InChI=1S/C17H19N3OS2/c1-3-12(2)13-6-8-14(9-7-13)18-11-20-17(22)21-16(19-20)15-5-4-10-23-15/h4-10,12,18H,3,11H2,1-2H3/t12-/m0/s1. The molecule has 4 nitrogen and oxygen atoms in total. The molecule has 3 rings (SSSR count). The molecule has 0 saturated carbocycles. The van der Waals surface area contributed by atoms with Gasteiger partial charge in [-0.2, -0.15) is 0 Å². The molecule has 0 saturated heterocycles. The zero-order chi connectivity index (χ0) is 16.2. The molecule has 0 aliphatic carbocycles. The van der Waals surface area contributed by atoms with E-state index in [1.807, 2.05) is 17.5 Å². The van der Waals surface area contributed by atoms with Crippen LogP contribution in [0.15, 0.2) is 46.2 Å². The summed E-state index contributed by atoms with van der Waals surface area (Å²) in [5.74, 6) is 1.15. The Morgan fingerprint density at radius 2 is 2.09 bits per heavy atom. The van der Waals surface area contributed by atoms with E-state index in [-0.39, 0.29) is 0 Å². The number of benzene rings is 1. The molecular weight excluding hydrogens is 326 g/mol. The van der Waals surface area contributed by atoms with Crippen molar-refractivity contribution in [2.45, 2.75) is 32.9 Å². The van der Waals surface area contributed by atoms with Crippen molar-refractivity contribution in [2.75, 3.05) is 5.32 Å². The highest BCUT2D eigenvalue weighted by Crippen LogP contribution is 2.23. The zero-order valence-corrected chi connectivity index (χ0v) is 14.8. The van der Waals surface area contributed by atoms with Crippen molar-refractivity contribution in [3.05, 3.63) is 52.2 Å². The molecule has 0 spiro atoms. The van der Waals surface area contributed by atoms with Gasteiger partial charge in [-0.1, -0.05) is 32.0 Å². The van der Waals surface area contributed by atoms with Crippen molar-refractivity contribution in [2.24, 2.45) is 0 Å². The molecule has 23 heavy (non-hydrogen) atoms. The van der Waals surface area contributed by atoms with Crippen LogP contribution < -0.4 is 5.32 Å². The van der Waals surface area contributed by atoms with E-state index in [4.69, 9.17) is 16.6 Å². The zero-order valence-electron chi connectivity index (χ0n) is 13.2. The fourth-order valence-corrected chi connectivity index (χ4v) is 3.07. The topological polar surface area (TPSA) is 43.0 Å². The molecular formula is C17H19N3OS2. The van der Waals surface area contributed by atoms with E-state index >= 15 is 0 Å². The first-order valence-electron chi connectivity index (χ1n) is 7.63. The lowest BCUT2D eigenvalue weighted by atomic mass is 9.99. The summed E-state index contributed by atoms with van der Waals surface area (Å²) in [6.45, 7) is 4.92. The molecule has 0 radical (unpaired) electrons. The molecule has 1 aromatic carbocycles. The number of anilines is 1. The van der Waals surface area contributed by atoms with Gasteiger partial charge < -0.3 is 9.73 Å². The van der Waals surface area contributed by atoms with Crippen LogP contribution in [0.25, 0.3) is 10.8 Å². The summed E-state index contributed by atoms with van der Waals surface area (Å²) in [4.78, 5) is 1.35. The van der Waals surface area contributed by atoms with E-state index in [1.54, 1.807) is 16.0 Å². The Morgan fingerprint density at radius 3 is 2.74 bits per heavy atom. The van der Waals surface area contributed by atoms with Crippen molar-refractivity contribution in [1.29, 1.82) is 0 Å². The molecule has 2 aromatic heterocycles. The van der Waals surface area contributed by atoms with Crippen LogP contribution >= 0.6 is 23.6 Å². The Balaban J connectivity index is 1.68. The van der Waals surface area contributed by atoms with E-state index < -0.39 is 0 Å². The van der Waals surface area contributed by atoms with Gasteiger partial charge in [0.1, 0.15) is 6.67 Å². The fourth-order valence-electron chi connectivity index (χ4n) is 2.24. The highest BCUT2D eigenvalue weighted by Gasteiger charge is 2.09. The van der Waals surface area contributed by atoms with Gasteiger partial charge in [0, 0.05) is 5.69 Å². The Labute approximate surface area is 144 Å². The van der Waals surface area contributed by atoms with Crippen LogP contribution in [0.5, 0.6) is 0 Å². The van der Waals surface area contributed by atoms with E-state index in [0.717, 1.165) is 17.0 Å². The van der Waals surface area contributed by atoms with Gasteiger partial charge in [0.25, 0.3) is 10.7 Å². The SMILES string of the molecule is CC[C@H](C)c1ccc(NCn2nc(-c3cccs3)oc2=S)cc1. The van der Waals surface area contributed by atoms with Crippen LogP contribution in [0, 0.1) is 4.84 Å². The smallest absolute Gasteiger partial charge is 0.289 e. The van der Waals surface area contributed by atoms with Crippen LogP contribution in [0.3, 0.4) is 0 Å². The lowest BCUT2D eigenvalue weighted by Gasteiger charge is -2.10. The Hall–Kier alpha value is -1.92. The van der Waals surface area contributed by atoms with Crippen LogP contribution in [0.4, 0.5) is 5.69 Å². The predicted octanol–water partition coefficient (Wildman–Crippen LogP) is 5.52. The van der Waals surface area contributed by atoms with Gasteiger partial charge in [0.05, 0.1) is 4.88 Å². The normalized spacial score (nSPS) is 12.3. The summed E-state index contributed by atoms with van der Waals surface area (Å²) in [5.41, 5.74) is 2.40. The van der Waals surface area contributed by atoms with Gasteiger partial charge in [-0.3, -0.25) is 0 Å². The van der Waals surface area contributed by atoms with Gasteiger partial charge in [0.2, 0.25) is 0 Å². The molecule has 120 valence electrons. The molecule has 0 unspecified atom stereocenters. The lowest BCUT2D eigenvalue weighted by Crippen LogP contribution is -2.09. The molecule has 1 atom stereocenters. The number of hydrogen-bond donors (Lipinski definition) is 1. The number of rotatable bonds is 6. The fraction of sp³-hybridized carbons (Fsp3) is 0.294. The van der Waals surface area contributed by atoms with Crippen molar-refractivity contribution in [1.82, 2.24) is 9.78 Å². The third-order valence-electron chi connectivity index (χ3n) is 3.86. The highest BCUT2D eigenvalue weighted by atomic mass is 32.1. The summed E-state index contributed by atoms with van der Waals surface area (Å²) in [5, 5.41) is 9.73. The van der Waals surface area contributed by atoms with Gasteiger partial charge in [-0.25, -0.2) is 4.68 Å². The van der Waals surface area contributed by atoms with Crippen molar-refractivity contribution in [3.63, 3.8) is 0 Å². The van der Waals surface area contributed by atoms with Gasteiger partial charge in [-0.05, 0) is 53.7 Å². The highest BCUT2D eigenvalue weighted by molar-refractivity contribution is 7.71. The van der Waals surface area contributed by atoms with E-state index in [0.29, 0.717) is 23.3 Å². The summed E-state index contributed by atoms with van der Waals surface area (Å²) in [7, 11) is 0. The molecule has 3 aromatic rings. The molecule has 2 heterocycles.